The van der Waals surface area contributed by atoms with Crippen LogP contribution in [0.2, 0.25) is 0 Å². The van der Waals surface area contributed by atoms with Crippen LogP contribution in [0.5, 0.6) is 23.0 Å². The molecule has 314 valence electrons. The number of ether oxygens (including phenoxy) is 4. The summed E-state index contributed by atoms with van der Waals surface area (Å²) < 4.78 is 23.7. The largest absolute Gasteiger partial charge is 0.493 e. The predicted octanol–water partition coefficient (Wildman–Crippen LogP) is 7.61. The van der Waals surface area contributed by atoms with Crippen molar-refractivity contribution in [2.75, 3.05) is 71.3 Å². The van der Waals surface area contributed by atoms with Gasteiger partial charge in [0.25, 0.3) is 11.8 Å². The zero-order valence-electron chi connectivity index (χ0n) is 34.9. The Morgan fingerprint density at radius 2 is 1.18 bits per heavy atom. The van der Waals surface area contributed by atoms with E-state index >= 15 is 0 Å². The van der Waals surface area contributed by atoms with Gasteiger partial charge in [0.15, 0.2) is 23.0 Å². The molecular weight excluding hydrogens is 771 g/mol. The number of hydrogen-bond donors (Lipinski definition) is 1. The zero-order valence-corrected chi connectivity index (χ0v) is 34.9. The van der Waals surface area contributed by atoms with Crippen molar-refractivity contribution < 1.29 is 28.5 Å². The average molecular weight is 822 g/mol. The maximum Gasteiger partial charge on any atom is 0.260 e. The molecule has 0 bridgehead atoms. The van der Waals surface area contributed by atoms with Gasteiger partial charge in [-0.25, -0.2) is 0 Å². The summed E-state index contributed by atoms with van der Waals surface area (Å²) in [5, 5.41) is 0. The molecular formula is C48H51N7O6. The summed E-state index contributed by atoms with van der Waals surface area (Å²) in [6, 6.07) is 23.0. The molecule has 0 saturated carbocycles. The van der Waals surface area contributed by atoms with E-state index in [2.05, 4.69) is 41.1 Å². The molecule has 0 radical (unpaired) electrons. The number of aliphatic imine (C=N–C) groups is 2. The van der Waals surface area contributed by atoms with E-state index < -0.39 is 0 Å². The van der Waals surface area contributed by atoms with E-state index in [9.17, 15) is 9.59 Å². The first-order valence-electron chi connectivity index (χ1n) is 21.0. The first kappa shape index (κ1) is 39.8. The third-order valence-corrected chi connectivity index (χ3v) is 12.1. The van der Waals surface area contributed by atoms with Crippen molar-refractivity contribution in [2.24, 2.45) is 9.98 Å². The minimum Gasteiger partial charge on any atom is -0.493 e. The Morgan fingerprint density at radius 3 is 1.70 bits per heavy atom. The molecule has 13 nitrogen and oxygen atoms in total. The number of likely N-dealkylation sites (N-methyl/N-ethyl adjacent to an activating group) is 1. The van der Waals surface area contributed by atoms with Gasteiger partial charge in [-0.2, -0.15) is 0 Å². The van der Waals surface area contributed by atoms with E-state index in [0.29, 0.717) is 77.2 Å². The zero-order chi connectivity index (χ0) is 42.0. The number of carbonyl (C=O) groups excluding carboxylic acids is 2. The lowest BCUT2D eigenvalue weighted by Gasteiger charge is -2.34. The van der Waals surface area contributed by atoms with E-state index in [-0.39, 0.29) is 23.9 Å². The minimum atomic E-state index is -0.194. The number of benzene rings is 4. The Balaban J connectivity index is 0.776. The standard InChI is InChI=1S/C48H51N7O6/c1-52-14-16-53(17-15-52)36-12-10-31(11-13-36)33-21-37-27-50-41-25-45(43(58-2)23-39(41)47(56)54(37)29-33)60-18-5-4-6-19-61-46-26-42-40(24-44(46)59-3)48(57)55-30-34(22-38(55)28-51-42)32-8-7-9-35(49)20-32/h7-13,20,23-30,37-38H,4-6,14-19,21-22,49H2,1-3H3. The molecule has 4 aromatic rings. The molecule has 2 atom stereocenters. The average Bonchev–Trinajstić information content (AvgIpc) is 3.86. The predicted molar refractivity (Wildman–Crippen MR) is 239 cm³/mol. The lowest BCUT2D eigenvalue weighted by atomic mass is 10.0. The molecule has 0 aliphatic carbocycles. The third kappa shape index (κ3) is 8.17. The molecule has 0 aromatic heterocycles. The van der Waals surface area contributed by atoms with E-state index in [4.69, 9.17) is 34.7 Å². The van der Waals surface area contributed by atoms with Gasteiger partial charge in [0.1, 0.15) is 0 Å². The molecule has 5 aliphatic rings. The molecule has 1 fully saturated rings. The van der Waals surface area contributed by atoms with Crippen LogP contribution in [0.3, 0.4) is 0 Å². The number of methoxy groups -OCH3 is 2. The number of hydrogen-bond acceptors (Lipinski definition) is 11. The van der Waals surface area contributed by atoms with Crippen molar-refractivity contribution in [1.82, 2.24) is 14.7 Å². The van der Waals surface area contributed by atoms with Crippen molar-refractivity contribution >= 4 is 58.1 Å². The molecule has 13 heteroatoms. The van der Waals surface area contributed by atoms with Crippen molar-refractivity contribution in [2.45, 2.75) is 44.2 Å². The van der Waals surface area contributed by atoms with Crippen LogP contribution in [0.4, 0.5) is 22.7 Å². The van der Waals surface area contributed by atoms with Crippen LogP contribution in [0.15, 0.2) is 95.2 Å². The molecule has 0 spiro atoms. The van der Waals surface area contributed by atoms with Gasteiger partial charge in [0.2, 0.25) is 0 Å². The van der Waals surface area contributed by atoms with Crippen LogP contribution in [0, 0.1) is 0 Å². The topological polar surface area (TPSA) is 135 Å². The molecule has 4 aromatic carbocycles. The van der Waals surface area contributed by atoms with Crippen molar-refractivity contribution in [3.05, 3.63) is 107 Å². The fraction of sp³-hybridized carbons (Fsp3) is 0.333. The molecule has 1 saturated heterocycles. The van der Waals surface area contributed by atoms with E-state index in [1.807, 2.05) is 49.1 Å². The van der Waals surface area contributed by atoms with Crippen LogP contribution in [0.1, 0.15) is 63.9 Å². The highest BCUT2D eigenvalue weighted by Crippen LogP contribution is 2.42. The van der Waals surface area contributed by atoms with Crippen molar-refractivity contribution in [1.29, 1.82) is 0 Å². The number of nitrogen functional groups attached to an aromatic ring is 1. The van der Waals surface area contributed by atoms with Gasteiger partial charge in [0, 0.05) is 87.4 Å². The molecule has 9 rings (SSSR count). The number of rotatable bonds is 13. The smallest absolute Gasteiger partial charge is 0.260 e. The van der Waals surface area contributed by atoms with Crippen LogP contribution in [-0.2, 0) is 0 Å². The summed E-state index contributed by atoms with van der Waals surface area (Å²) in [4.78, 5) is 45.4. The number of fused-ring (bicyclic) bond motifs is 4. The van der Waals surface area contributed by atoms with Crippen LogP contribution < -0.4 is 29.6 Å². The van der Waals surface area contributed by atoms with E-state index in [0.717, 1.165) is 67.7 Å². The summed E-state index contributed by atoms with van der Waals surface area (Å²) in [6.07, 6.45) is 11.3. The summed E-state index contributed by atoms with van der Waals surface area (Å²) >= 11 is 0. The molecule has 2 amide bonds. The van der Waals surface area contributed by atoms with E-state index in [1.54, 1.807) is 48.3 Å². The Bertz CT molecular complexity index is 2450. The second-order valence-electron chi connectivity index (χ2n) is 16.1. The first-order chi connectivity index (χ1) is 29.8. The number of amides is 2. The minimum absolute atomic E-state index is 0.114. The molecule has 2 unspecified atom stereocenters. The fourth-order valence-electron chi connectivity index (χ4n) is 8.58. The highest BCUT2D eigenvalue weighted by Gasteiger charge is 2.35. The summed E-state index contributed by atoms with van der Waals surface area (Å²) in [5.41, 5.74) is 14.2. The fourth-order valence-corrected chi connectivity index (χ4v) is 8.58. The number of nitrogens with zero attached hydrogens (tertiary/aromatic N) is 6. The quantitative estimate of drug-likeness (QED) is 0.107. The summed E-state index contributed by atoms with van der Waals surface area (Å²) in [6.45, 7) is 5.06. The number of unbranched alkanes of at least 4 members (excludes halogenated alkanes) is 2. The van der Waals surface area contributed by atoms with Crippen LogP contribution >= 0.6 is 0 Å². The van der Waals surface area contributed by atoms with E-state index in [1.165, 1.54) is 5.69 Å². The Labute approximate surface area is 356 Å². The summed E-state index contributed by atoms with van der Waals surface area (Å²) in [7, 11) is 5.31. The maximum absolute atomic E-state index is 13.9. The Morgan fingerprint density at radius 1 is 0.639 bits per heavy atom. The van der Waals surface area contributed by atoms with Gasteiger partial charge in [-0.05, 0) is 85.0 Å². The summed E-state index contributed by atoms with van der Waals surface area (Å²) in [5.74, 6) is 1.79. The second-order valence-corrected chi connectivity index (χ2v) is 16.1. The van der Waals surface area contributed by atoms with Crippen molar-refractivity contribution in [3.8, 4) is 23.0 Å². The van der Waals surface area contributed by atoms with Crippen LogP contribution in [0.25, 0.3) is 11.1 Å². The number of nitrogens with two attached hydrogens (primary N) is 1. The van der Waals surface area contributed by atoms with Gasteiger partial charge in [-0.1, -0.05) is 24.3 Å². The monoisotopic (exact) mass is 821 g/mol. The number of carbonyl (C=O) groups is 2. The highest BCUT2D eigenvalue weighted by molar-refractivity contribution is 6.06. The second kappa shape index (κ2) is 17.2. The van der Waals surface area contributed by atoms with Gasteiger partial charge >= 0.3 is 0 Å². The molecule has 61 heavy (non-hydrogen) atoms. The third-order valence-electron chi connectivity index (χ3n) is 12.1. The Hall–Kier alpha value is -6.60. The molecule has 2 N–H and O–H groups in total. The Kier molecular flexibility index (Phi) is 11.2. The van der Waals surface area contributed by atoms with Gasteiger partial charge < -0.3 is 44.3 Å². The van der Waals surface area contributed by atoms with Crippen molar-refractivity contribution in [3.63, 3.8) is 0 Å². The van der Waals surface area contributed by atoms with Gasteiger partial charge in [0.05, 0.1) is 62.0 Å². The molecule has 5 heterocycles. The van der Waals surface area contributed by atoms with Gasteiger partial charge in [-0.3, -0.25) is 19.6 Å². The lowest BCUT2D eigenvalue weighted by Crippen LogP contribution is -2.44. The van der Waals surface area contributed by atoms with Crippen LogP contribution in [-0.4, -0.2) is 112 Å². The molecule has 5 aliphatic heterocycles. The maximum atomic E-state index is 13.9. The SMILES string of the molecule is COc1cc2c(cc1OCCCCCOc1cc3c(cc1OC)C(=O)N1C=C(c4cccc(N)c4)CC1C=N3)N=CC1CC(c3ccc(N4CCN(C)CC4)cc3)=CN1C2=O. The van der Waals surface area contributed by atoms with Gasteiger partial charge in [-0.15, -0.1) is 0 Å². The number of anilines is 2. The number of piperazine rings is 1. The normalized spacial score (nSPS) is 19.4. The lowest BCUT2D eigenvalue weighted by molar-refractivity contribution is 0.0809. The highest BCUT2D eigenvalue weighted by atomic mass is 16.5. The first-order valence-corrected chi connectivity index (χ1v) is 21.0.